The smallest absolute Gasteiger partial charge is 0.191 e. The lowest BCUT2D eigenvalue weighted by atomic mass is 9.94. The number of halogens is 1. The number of hydrogen-bond donors (Lipinski definition) is 2. The van der Waals surface area contributed by atoms with Crippen LogP contribution in [0.5, 0.6) is 5.75 Å². The Morgan fingerprint density at radius 2 is 1.97 bits per heavy atom. The van der Waals surface area contributed by atoms with E-state index in [4.69, 9.17) is 14.2 Å². The van der Waals surface area contributed by atoms with Gasteiger partial charge in [-0.25, -0.2) is 0 Å². The summed E-state index contributed by atoms with van der Waals surface area (Å²) in [5.74, 6) is 1.72. The summed E-state index contributed by atoms with van der Waals surface area (Å²) in [7, 11) is 3.56. The van der Waals surface area contributed by atoms with Crippen molar-refractivity contribution in [2.24, 2.45) is 4.99 Å². The van der Waals surface area contributed by atoms with E-state index in [0.717, 1.165) is 56.4 Å². The molecule has 0 radical (unpaired) electrons. The zero-order valence-corrected chi connectivity index (χ0v) is 20.7. The fraction of sp³-hybridized carbons (Fsp3) is 0.682. The van der Waals surface area contributed by atoms with E-state index in [9.17, 15) is 0 Å². The van der Waals surface area contributed by atoms with Crippen LogP contribution in [0, 0.1) is 6.92 Å². The molecule has 1 heterocycles. The average Bonchev–Trinajstić information content (AvgIpc) is 2.73. The van der Waals surface area contributed by atoms with Crippen LogP contribution in [0.25, 0.3) is 0 Å². The topological polar surface area (TPSA) is 64.1 Å². The minimum absolute atomic E-state index is 0. The van der Waals surface area contributed by atoms with E-state index in [1.807, 2.05) is 0 Å². The number of hydrogen-bond acceptors (Lipinski definition) is 4. The summed E-state index contributed by atoms with van der Waals surface area (Å²) in [6.45, 7) is 7.90. The molecule has 0 bridgehead atoms. The molecule has 0 saturated carbocycles. The van der Waals surface area contributed by atoms with Crippen LogP contribution in [0.3, 0.4) is 0 Å². The molecule has 6 nitrogen and oxygen atoms in total. The van der Waals surface area contributed by atoms with E-state index in [1.165, 1.54) is 18.4 Å². The lowest BCUT2D eigenvalue weighted by molar-refractivity contribution is -0.0855. The Bertz CT molecular complexity index is 619. The number of guanidine groups is 1. The Kier molecular flexibility index (Phi) is 12.6. The standard InChI is InChI=1S/C22H37N3O3.HI/c1-5-6-7-12-28-20-15-18(2)8-9-19(20)16-24-21(23-3)25-17-22(26-4)10-13-27-14-11-22;/h8-9,15H,5-7,10-14,16-17H2,1-4H3,(H2,23,24,25);1H. The zero-order valence-electron chi connectivity index (χ0n) is 18.4. The Hall–Kier alpha value is -1.06. The van der Waals surface area contributed by atoms with E-state index in [0.29, 0.717) is 13.1 Å². The Morgan fingerprint density at radius 3 is 2.62 bits per heavy atom. The van der Waals surface area contributed by atoms with Crippen LogP contribution in [-0.4, -0.2) is 52.1 Å². The number of benzene rings is 1. The van der Waals surface area contributed by atoms with Crippen molar-refractivity contribution in [3.8, 4) is 5.75 Å². The molecule has 1 fully saturated rings. The molecule has 0 unspecified atom stereocenters. The zero-order chi connectivity index (χ0) is 20.2. The van der Waals surface area contributed by atoms with E-state index in [1.54, 1.807) is 14.2 Å². The Morgan fingerprint density at radius 1 is 1.21 bits per heavy atom. The molecular weight excluding hydrogens is 481 g/mol. The number of nitrogens with one attached hydrogen (secondary N) is 2. The minimum Gasteiger partial charge on any atom is -0.493 e. The van der Waals surface area contributed by atoms with Gasteiger partial charge in [-0.05, 0) is 25.0 Å². The van der Waals surface area contributed by atoms with Gasteiger partial charge in [-0.1, -0.05) is 31.9 Å². The van der Waals surface area contributed by atoms with Crippen molar-refractivity contribution in [1.29, 1.82) is 0 Å². The molecule has 1 aliphatic rings. The first-order chi connectivity index (χ1) is 13.6. The van der Waals surface area contributed by atoms with Crippen molar-refractivity contribution in [2.45, 2.75) is 58.1 Å². The van der Waals surface area contributed by atoms with Gasteiger partial charge < -0.3 is 24.8 Å². The number of unbranched alkanes of at least 4 members (excludes halogenated alkanes) is 2. The maximum atomic E-state index is 6.04. The summed E-state index contributed by atoms with van der Waals surface area (Å²) in [5.41, 5.74) is 2.16. The molecule has 2 rings (SSSR count). The molecule has 1 aliphatic heterocycles. The quantitative estimate of drug-likeness (QED) is 0.212. The van der Waals surface area contributed by atoms with Gasteiger partial charge >= 0.3 is 0 Å². The molecule has 0 atom stereocenters. The number of aliphatic imine (C=N–C) groups is 1. The second-order valence-electron chi connectivity index (χ2n) is 7.45. The average molecular weight is 519 g/mol. The van der Waals surface area contributed by atoms with Crippen molar-refractivity contribution >= 4 is 29.9 Å². The van der Waals surface area contributed by atoms with Crippen LogP contribution in [0.4, 0.5) is 0 Å². The highest BCUT2D eigenvalue weighted by Gasteiger charge is 2.32. The highest BCUT2D eigenvalue weighted by Crippen LogP contribution is 2.24. The summed E-state index contributed by atoms with van der Waals surface area (Å²) in [5, 5.41) is 6.81. The molecule has 1 aromatic rings. The van der Waals surface area contributed by atoms with Crippen LogP contribution >= 0.6 is 24.0 Å². The van der Waals surface area contributed by atoms with Crippen molar-refractivity contribution in [3.63, 3.8) is 0 Å². The molecule has 2 N–H and O–H groups in total. The van der Waals surface area contributed by atoms with E-state index in [-0.39, 0.29) is 29.6 Å². The highest BCUT2D eigenvalue weighted by atomic mass is 127. The summed E-state index contributed by atoms with van der Waals surface area (Å²) < 4.78 is 17.3. The Labute approximate surface area is 193 Å². The monoisotopic (exact) mass is 519 g/mol. The van der Waals surface area contributed by atoms with Gasteiger partial charge in [0, 0.05) is 58.9 Å². The summed E-state index contributed by atoms with van der Waals surface area (Å²) in [6.07, 6.45) is 5.26. The maximum absolute atomic E-state index is 6.04. The van der Waals surface area contributed by atoms with E-state index in [2.05, 4.69) is 47.7 Å². The molecule has 0 aliphatic carbocycles. The van der Waals surface area contributed by atoms with Gasteiger partial charge in [-0.3, -0.25) is 4.99 Å². The van der Waals surface area contributed by atoms with E-state index < -0.39 is 0 Å². The number of nitrogens with zero attached hydrogens (tertiary/aromatic N) is 1. The molecule has 0 aromatic heterocycles. The van der Waals surface area contributed by atoms with Crippen molar-refractivity contribution in [2.75, 3.05) is 40.5 Å². The second-order valence-corrected chi connectivity index (χ2v) is 7.45. The van der Waals surface area contributed by atoms with Crippen LogP contribution in [0.1, 0.15) is 50.2 Å². The molecule has 1 aromatic carbocycles. The predicted octanol–water partition coefficient (Wildman–Crippen LogP) is 4.04. The van der Waals surface area contributed by atoms with Gasteiger partial charge in [0.05, 0.1) is 12.2 Å². The Balaban J connectivity index is 0.00000420. The lowest BCUT2D eigenvalue weighted by Crippen LogP contribution is -2.50. The van der Waals surface area contributed by atoms with Gasteiger partial charge in [0.15, 0.2) is 5.96 Å². The van der Waals surface area contributed by atoms with Crippen LogP contribution < -0.4 is 15.4 Å². The summed E-state index contributed by atoms with van der Waals surface area (Å²) >= 11 is 0. The molecular formula is C22H38IN3O3. The fourth-order valence-electron chi connectivity index (χ4n) is 3.32. The van der Waals surface area contributed by atoms with Crippen LogP contribution in [0.2, 0.25) is 0 Å². The van der Waals surface area contributed by atoms with Crippen molar-refractivity contribution in [3.05, 3.63) is 29.3 Å². The normalized spacial score (nSPS) is 16.1. The minimum atomic E-state index is -0.187. The number of aryl methyl sites for hydroxylation is 1. The third-order valence-electron chi connectivity index (χ3n) is 5.31. The molecule has 1 saturated heterocycles. The van der Waals surface area contributed by atoms with Crippen LogP contribution in [0.15, 0.2) is 23.2 Å². The first-order valence-corrected chi connectivity index (χ1v) is 10.4. The number of methoxy groups -OCH3 is 1. The largest absolute Gasteiger partial charge is 0.493 e. The van der Waals surface area contributed by atoms with Crippen LogP contribution in [-0.2, 0) is 16.0 Å². The fourth-order valence-corrected chi connectivity index (χ4v) is 3.32. The number of rotatable bonds is 10. The molecule has 0 spiro atoms. The van der Waals surface area contributed by atoms with E-state index >= 15 is 0 Å². The highest BCUT2D eigenvalue weighted by molar-refractivity contribution is 14.0. The van der Waals surface area contributed by atoms with Gasteiger partial charge in [-0.2, -0.15) is 0 Å². The molecule has 0 amide bonds. The predicted molar refractivity (Wildman–Crippen MR) is 130 cm³/mol. The van der Waals surface area contributed by atoms with Gasteiger partial charge in [-0.15, -0.1) is 24.0 Å². The molecule has 166 valence electrons. The van der Waals surface area contributed by atoms with Crippen molar-refractivity contribution < 1.29 is 14.2 Å². The third kappa shape index (κ3) is 8.68. The van der Waals surface area contributed by atoms with Crippen molar-refractivity contribution in [1.82, 2.24) is 10.6 Å². The lowest BCUT2D eigenvalue weighted by Gasteiger charge is -2.36. The SMILES string of the molecule is CCCCCOc1cc(C)ccc1CNC(=NC)NCC1(OC)CCOCC1.I. The number of ether oxygens (including phenoxy) is 3. The first kappa shape index (κ1) is 26.0. The molecule has 29 heavy (non-hydrogen) atoms. The summed E-state index contributed by atoms with van der Waals surface area (Å²) in [6, 6.07) is 6.36. The molecule has 7 heteroatoms. The summed E-state index contributed by atoms with van der Waals surface area (Å²) in [4.78, 5) is 4.35. The van der Waals surface area contributed by atoms with Gasteiger partial charge in [0.2, 0.25) is 0 Å². The maximum Gasteiger partial charge on any atom is 0.191 e. The van der Waals surface area contributed by atoms with Gasteiger partial charge in [0.1, 0.15) is 5.75 Å². The second kappa shape index (κ2) is 14.0. The first-order valence-electron chi connectivity index (χ1n) is 10.4. The van der Waals surface area contributed by atoms with Gasteiger partial charge in [0.25, 0.3) is 0 Å². The third-order valence-corrected chi connectivity index (χ3v) is 5.31.